The molecule has 0 spiro atoms. The molecule has 2 aromatic carbocycles. The summed E-state index contributed by atoms with van der Waals surface area (Å²) in [5.41, 5.74) is 1.57. The average molecular weight is 420 g/mol. The second-order valence-electron chi connectivity index (χ2n) is 6.47. The zero-order valence-corrected chi connectivity index (χ0v) is 17.2. The second kappa shape index (κ2) is 9.36. The van der Waals surface area contributed by atoms with Crippen molar-refractivity contribution in [2.24, 2.45) is 0 Å². The van der Waals surface area contributed by atoms with E-state index in [9.17, 15) is 13.2 Å². The molecule has 1 N–H and O–H groups in total. The molecule has 1 aliphatic heterocycles. The normalized spacial score (nSPS) is 15.1. The number of amides is 1. The van der Waals surface area contributed by atoms with Gasteiger partial charge in [-0.15, -0.1) is 0 Å². The van der Waals surface area contributed by atoms with Gasteiger partial charge in [0.25, 0.3) is 5.91 Å². The van der Waals surface area contributed by atoms with Crippen LogP contribution in [-0.4, -0.2) is 59.2 Å². The van der Waals surface area contributed by atoms with Gasteiger partial charge in [-0.05, 0) is 35.9 Å². The van der Waals surface area contributed by atoms with Gasteiger partial charge in [-0.3, -0.25) is 4.79 Å². The van der Waals surface area contributed by atoms with E-state index in [1.807, 2.05) is 6.07 Å². The monoisotopic (exact) mass is 420 g/mol. The van der Waals surface area contributed by atoms with Crippen molar-refractivity contribution in [2.75, 3.05) is 45.8 Å². The largest absolute Gasteiger partial charge is 0.495 e. The number of hydrogen-bond acceptors (Lipinski definition) is 6. The summed E-state index contributed by atoms with van der Waals surface area (Å²) in [6, 6.07) is 11.4. The van der Waals surface area contributed by atoms with Crippen molar-refractivity contribution >= 4 is 21.6 Å². The van der Waals surface area contributed by atoms with Crippen LogP contribution in [0.25, 0.3) is 0 Å². The smallest absolute Gasteiger partial charge is 0.255 e. The highest BCUT2D eigenvalue weighted by atomic mass is 32.2. The Labute approximate surface area is 170 Å². The van der Waals surface area contributed by atoms with E-state index >= 15 is 0 Å². The number of anilines is 1. The molecule has 9 heteroatoms. The van der Waals surface area contributed by atoms with E-state index in [-0.39, 0.29) is 16.5 Å². The summed E-state index contributed by atoms with van der Waals surface area (Å²) < 4.78 is 42.8. The summed E-state index contributed by atoms with van der Waals surface area (Å²) in [5, 5.41) is 2.75. The number of carbonyl (C=O) groups excluding carboxylic acids is 1. The van der Waals surface area contributed by atoms with Gasteiger partial charge in [0.1, 0.15) is 5.75 Å². The molecule has 1 fully saturated rings. The lowest BCUT2D eigenvalue weighted by molar-refractivity contribution is 0.0730. The van der Waals surface area contributed by atoms with Gasteiger partial charge >= 0.3 is 0 Å². The molecule has 8 nitrogen and oxygen atoms in total. The zero-order chi connectivity index (χ0) is 20.9. The lowest BCUT2D eigenvalue weighted by Crippen LogP contribution is -2.40. The third-order valence-corrected chi connectivity index (χ3v) is 6.42. The van der Waals surface area contributed by atoms with Crippen LogP contribution in [0.15, 0.2) is 47.4 Å². The minimum Gasteiger partial charge on any atom is -0.495 e. The van der Waals surface area contributed by atoms with Crippen LogP contribution in [0.3, 0.4) is 0 Å². The van der Waals surface area contributed by atoms with Gasteiger partial charge in [0.15, 0.2) is 0 Å². The van der Waals surface area contributed by atoms with Gasteiger partial charge in [0.2, 0.25) is 10.0 Å². The Balaban J connectivity index is 1.87. The van der Waals surface area contributed by atoms with Crippen molar-refractivity contribution in [3.8, 4) is 5.75 Å². The van der Waals surface area contributed by atoms with Gasteiger partial charge < -0.3 is 19.5 Å². The Bertz CT molecular complexity index is 971. The first kappa shape index (κ1) is 21.3. The number of rotatable bonds is 7. The molecule has 1 saturated heterocycles. The van der Waals surface area contributed by atoms with Gasteiger partial charge in [0.05, 0.1) is 37.5 Å². The summed E-state index contributed by atoms with van der Waals surface area (Å²) in [5.74, 6) is -0.00510. The summed E-state index contributed by atoms with van der Waals surface area (Å²) in [6.07, 6.45) is 0. The van der Waals surface area contributed by atoms with E-state index in [2.05, 4.69) is 5.32 Å². The number of ether oxygens (including phenoxy) is 3. The van der Waals surface area contributed by atoms with Crippen molar-refractivity contribution in [1.29, 1.82) is 0 Å². The van der Waals surface area contributed by atoms with Crippen molar-refractivity contribution in [1.82, 2.24) is 4.31 Å². The van der Waals surface area contributed by atoms with Crippen LogP contribution in [0, 0.1) is 0 Å². The number of morpholine rings is 1. The molecule has 1 aliphatic rings. The maximum atomic E-state index is 12.9. The standard InChI is InChI=1S/C20H24N2O6S/c1-26-14-15-4-3-5-16(12-15)20(23)21-18-13-17(6-7-19(18)27-2)29(24,25)22-8-10-28-11-9-22/h3-7,12-13H,8-11,14H2,1-2H3,(H,21,23). The fraction of sp³-hybridized carbons (Fsp3) is 0.350. The molecule has 1 heterocycles. The van der Waals surface area contributed by atoms with Crippen LogP contribution in [0.4, 0.5) is 5.69 Å². The lowest BCUT2D eigenvalue weighted by Gasteiger charge is -2.26. The van der Waals surface area contributed by atoms with Crippen LogP contribution in [0.5, 0.6) is 5.75 Å². The zero-order valence-electron chi connectivity index (χ0n) is 16.4. The molecule has 1 amide bonds. The van der Waals surface area contributed by atoms with E-state index in [1.54, 1.807) is 25.3 Å². The minimum absolute atomic E-state index is 0.0867. The van der Waals surface area contributed by atoms with Gasteiger partial charge in [-0.25, -0.2) is 8.42 Å². The van der Waals surface area contributed by atoms with E-state index in [0.717, 1.165) is 5.56 Å². The maximum absolute atomic E-state index is 12.9. The molecular formula is C20H24N2O6S. The Morgan fingerprint density at radius 2 is 1.90 bits per heavy atom. The third-order valence-electron chi connectivity index (χ3n) is 4.53. The van der Waals surface area contributed by atoms with E-state index < -0.39 is 10.0 Å². The highest BCUT2D eigenvalue weighted by molar-refractivity contribution is 7.89. The molecule has 0 atom stereocenters. The molecule has 3 rings (SSSR count). The predicted molar refractivity (Wildman–Crippen MR) is 108 cm³/mol. The molecular weight excluding hydrogens is 396 g/mol. The highest BCUT2D eigenvalue weighted by Gasteiger charge is 2.27. The average Bonchev–Trinajstić information content (AvgIpc) is 2.74. The first-order valence-corrected chi connectivity index (χ1v) is 10.5. The summed E-state index contributed by atoms with van der Waals surface area (Å²) in [7, 11) is -0.654. The Hall–Kier alpha value is -2.46. The fourth-order valence-electron chi connectivity index (χ4n) is 3.04. The number of nitrogens with one attached hydrogen (secondary N) is 1. The van der Waals surface area contributed by atoms with E-state index in [1.165, 1.54) is 29.6 Å². The van der Waals surface area contributed by atoms with Crippen molar-refractivity contribution in [3.63, 3.8) is 0 Å². The SMILES string of the molecule is COCc1cccc(C(=O)Nc2cc(S(=O)(=O)N3CCOCC3)ccc2OC)c1. The predicted octanol–water partition coefficient (Wildman–Crippen LogP) is 2.11. The van der Waals surface area contributed by atoms with E-state index in [4.69, 9.17) is 14.2 Å². The summed E-state index contributed by atoms with van der Waals surface area (Å²) in [6.45, 7) is 1.69. The number of sulfonamides is 1. The quantitative estimate of drug-likeness (QED) is 0.737. The molecule has 2 aromatic rings. The van der Waals surface area contributed by atoms with Crippen LogP contribution < -0.4 is 10.1 Å². The molecule has 156 valence electrons. The van der Waals surface area contributed by atoms with Crippen molar-refractivity contribution in [3.05, 3.63) is 53.6 Å². The lowest BCUT2D eigenvalue weighted by atomic mass is 10.1. The first-order valence-electron chi connectivity index (χ1n) is 9.11. The van der Waals surface area contributed by atoms with Gasteiger partial charge in [-0.2, -0.15) is 4.31 Å². The minimum atomic E-state index is -3.69. The summed E-state index contributed by atoms with van der Waals surface area (Å²) >= 11 is 0. The molecule has 0 aliphatic carbocycles. The Kier molecular flexibility index (Phi) is 6.86. The van der Waals surface area contributed by atoms with Crippen LogP contribution >= 0.6 is 0 Å². The molecule has 0 saturated carbocycles. The van der Waals surface area contributed by atoms with Crippen LogP contribution in [0.1, 0.15) is 15.9 Å². The maximum Gasteiger partial charge on any atom is 0.255 e. The molecule has 0 bridgehead atoms. The van der Waals surface area contributed by atoms with Gasteiger partial charge in [0, 0.05) is 25.8 Å². The van der Waals surface area contributed by atoms with Crippen molar-refractivity contribution < 1.29 is 27.4 Å². The number of methoxy groups -OCH3 is 2. The fourth-order valence-corrected chi connectivity index (χ4v) is 4.48. The van der Waals surface area contributed by atoms with Crippen molar-refractivity contribution in [2.45, 2.75) is 11.5 Å². The number of hydrogen-bond donors (Lipinski definition) is 1. The number of carbonyl (C=O) groups is 1. The second-order valence-corrected chi connectivity index (χ2v) is 8.40. The Morgan fingerprint density at radius 1 is 1.14 bits per heavy atom. The third kappa shape index (κ3) is 4.94. The topological polar surface area (TPSA) is 94.2 Å². The molecule has 0 radical (unpaired) electrons. The number of benzene rings is 2. The molecule has 0 aromatic heterocycles. The summed E-state index contributed by atoms with van der Waals surface area (Å²) in [4.78, 5) is 12.8. The van der Waals surface area contributed by atoms with Gasteiger partial charge in [-0.1, -0.05) is 12.1 Å². The van der Waals surface area contributed by atoms with Crippen LogP contribution in [0.2, 0.25) is 0 Å². The van der Waals surface area contributed by atoms with E-state index in [0.29, 0.717) is 44.2 Å². The highest BCUT2D eigenvalue weighted by Crippen LogP contribution is 2.29. The number of nitrogens with zero attached hydrogens (tertiary/aromatic N) is 1. The Morgan fingerprint density at radius 3 is 2.59 bits per heavy atom. The molecule has 0 unspecified atom stereocenters. The first-order chi connectivity index (χ1) is 14.0. The van der Waals surface area contributed by atoms with Crippen LogP contribution in [-0.2, 0) is 26.1 Å². The molecule has 29 heavy (non-hydrogen) atoms.